The first-order valence-electron chi connectivity index (χ1n) is 6.47. The van der Waals surface area contributed by atoms with Gasteiger partial charge in [0.05, 0.1) is 16.6 Å². The number of fused-ring (bicyclic) bond motifs is 1. The standard InChI is InChI=1S/C15H9BrF3N3O/c16-8-5-6-10-12(7-8)21-22-13(10)20-14(23)9-3-1-2-4-11(9)15(17,18)19/h1-7H,(H2,20,21,22,23). The SMILES string of the molecule is O=C(Nc1n[nH]c2cc(Br)ccc12)c1ccccc1C(F)(F)F. The first-order chi connectivity index (χ1) is 10.9. The van der Waals surface area contributed by atoms with Crippen LogP contribution in [0.4, 0.5) is 19.0 Å². The summed E-state index contributed by atoms with van der Waals surface area (Å²) in [6.07, 6.45) is -4.60. The maximum absolute atomic E-state index is 13.0. The van der Waals surface area contributed by atoms with Crippen molar-refractivity contribution in [3.63, 3.8) is 0 Å². The normalized spacial score (nSPS) is 11.7. The largest absolute Gasteiger partial charge is 0.417 e. The van der Waals surface area contributed by atoms with Crippen LogP contribution in [-0.2, 0) is 6.18 Å². The molecule has 0 aliphatic heterocycles. The number of benzene rings is 2. The second-order valence-corrected chi connectivity index (χ2v) is 5.68. The first kappa shape index (κ1) is 15.5. The number of aromatic nitrogens is 2. The summed E-state index contributed by atoms with van der Waals surface area (Å²) in [7, 11) is 0. The van der Waals surface area contributed by atoms with Crippen LogP contribution in [0.1, 0.15) is 15.9 Å². The Kier molecular flexibility index (Phi) is 3.85. The van der Waals surface area contributed by atoms with E-state index < -0.39 is 23.2 Å². The second-order valence-electron chi connectivity index (χ2n) is 4.76. The third kappa shape index (κ3) is 3.07. The molecule has 118 valence electrons. The van der Waals surface area contributed by atoms with Crippen molar-refractivity contribution in [1.29, 1.82) is 0 Å². The smallest absolute Gasteiger partial charge is 0.305 e. The number of halogens is 4. The number of H-pyrrole nitrogens is 1. The predicted molar refractivity (Wildman–Crippen MR) is 83.2 cm³/mol. The van der Waals surface area contributed by atoms with E-state index >= 15 is 0 Å². The Hall–Kier alpha value is -2.35. The van der Waals surface area contributed by atoms with Crippen LogP contribution in [0, 0.1) is 0 Å². The Bertz CT molecular complexity index is 889. The van der Waals surface area contributed by atoms with Gasteiger partial charge in [-0.3, -0.25) is 9.89 Å². The topological polar surface area (TPSA) is 57.8 Å². The Balaban J connectivity index is 1.96. The van der Waals surface area contributed by atoms with E-state index in [-0.39, 0.29) is 5.82 Å². The molecule has 0 aliphatic carbocycles. The lowest BCUT2D eigenvalue weighted by Crippen LogP contribution is -2.18. The average Bonchev–Trinajstić information content (AvgIpc) is 2.88. The number of rotatable bonds is 2. The summed E-state index contributed by atoms with van der Waals surface area (Å²) in [6, 6.07) is 9.82. The molecular formula is C15H9BrF3N3O. The minimum Gasteiger partial charge on any atom is -0.305 e. The molecule has 0 saturated heterocycles. The van der Waals surface area contributed by atoms with E-state index in [4.69, 9.17) is 0 Å². The zero-order valence-electron chi connectivity index (χ0n) is 11.4. The molecule has 2 N–H and O–H groups in total. The summed E-state index contributed by atoms with van der Waals surface area (Å²) in [5.74, 6) is -0.691. The van der Waals surface area contributed by atoms with Gasteiger partial charge in [-0.2, -0.15) is 18.3 Å². The molecule has 0 bridgehead atoms. The summed E-state index contributed by atoms with van der Waals surface area (Å²) >= 11 is 3.30. The molecule has 0 fully saturated rings. The zero-order valence-corrected chi connectivity index (χ0v) is 13.0. The number of carbonyl (C=O) groups is 1. The summed E-state index contributed by atoms with van der Waals surface area (Å²) in [6.45, 7) is 0. The van der Waals surface area contributed by atoms with E-state index in [1.54, 1.807) is 18.2 Å². The minimum absolute atomic E-state index is 0.175. The molecule has 1 heterocycles. The summed E-state index contributed by atoms with van der Waals surface area (Å²) < 4.78 is 39.7. The van der Waals surface area contributed by atoms with Crippen LogP contribution in [0.25, 0.3) is 10.9 Å². The van der Waals surface area contributed by atoms with Crippen molar-refractivity contribution in [3.05, 3.63) is 58.1 Å². The highest BCUT2D eigenvalue weighted by Gasteiger charge is 2.35. The lowest BCUT2D eigenvalue weighted by molar-refractivity contribution is -0.137. The Morgan fingerprint density at radius 1 is 1.17 bits per heavy atom. The number of nitrogens with one attached hydrogen (secondary N) is 2. The fourth-order valence-corrected chi connectivity index (χ4v) is 2.55. The zero-order chi connectivity index (χ0) is 16.6. The monoisotopic (exact) mass is 383 g/mol. The molecule has 0 aliphatic rings. The number of nitrogens with zero attached hydrogens (tertiary/aromatic N) is 1. The van der Waals surface area contributed by atoms with Crippen LogP contribution in [0.2, 0.25) is 0 Å². The molecule has 1 amide bonds. The van der Waals surface area contributed by atoms with E-state index in [9.17, 15) is 18.0 Å². The highest BCUT2D eigenvalue weighted by Crippen LogP contribution is 2.32. The summed E-state index contributed by atoms with van der Waals surface area (Å²) in [4.78, 5) is 12.2. The number of hydrogen-bond acceptors (Lipinski definition) is 2. The molecule has 0 atom stereocenters. The maximum atomic E-state index is 13.0. The van der Waals surface area contributed by atoms with Crippen LogP contribution >= 0.6 is 15.9 Å². The highest BCUT2D eigenvalue weighted by atomic mass is 79.9. The van der Waals surface area contributed by atoms with E-state index in [2.05, 4.69) is 31.4 Å². The van der Waals surface area contributed by atoms with E-state index in [0.717, 1.165) is 16.6 Å². The maximum Gasteiger partial charge on any atom is 0.417 e. The molecule has 0 unspecified atom stereocenters. The predicted octanol–water partition coefficient (Wildman–Crippen LogP) is 4.60. The van der Waals surface area contributed by atoms with Crippen molar-refractivity contribution in [2.24, 2.45) is 0 Å². The molecule has 3 rings (SSSR count). The van der Waals surface area contributed by atoms with Crippen molar-refractivity contribution in [2.75, 3.05) is 5.32 Å². The second kappa shape index (κ2) is 5.69. The van der Waals surface area contributed by atoms with Crippen molar-refractivity contribution in [2.45, 2.75) is 6.18 Å². The van der Waals surface area contributed by atoms with E-state index in [1.807, 2.05) is 0 Å². The molecule has 0 spiro atoms. The third-order valence-corrected chi connectivity index (χ3v) is 3.73. The minimum atomic E-state index is -4.60. The lowest BCUT2D eigenvalue weighted by Gasteiger charge is -2.11. The highest BCUT2D eigenvalue weighted by molar-refractivity contribution is 9.10. The number of hydrogen-bond donors (Lipinski definition) is 2. The Labute approximate surface area is 136 Å². The molecular weight excluding hydrogens is 375 g/mol. The van der Waals surface area contributed by atoms with Gasteiger partial charge in [0.25, 0.3) is 5.91 Å². The molecule has 0 saturated carbocycles. The Morgan fingerprint density at radius 3 is 2.65 bits per heavy atom. The van der Waals surface area contributed by atoms with Gasteiger partial charge in [0, 0.05) is 9.86 Å². The van der Waals surface area contributed by atoms with E-state index in [1.165, 1.54) is 12.1 Å². The van der Waals surface area contributed by atoms with Gasteiger partial charge in [-0.05, 0) is 30.3 Å². The van der Waals surface area contributed by atoms with Crippen molar-refractivity contribution in [3.8, 4) is 0 Å². The van der Waals surface area contributed by atoms with Crippen LogP contribution in [0.3, 0.4) is 0 Å². The fourth-order valence-electron chi connectivity index (χ4n) is 2.19. The molecule has 1 aromatic heterocycles. The van der Waals surface area contributed by atoms with E-state index in [0.29, 0.717) is 10.9 Å². The number of amides is 1. The Morgan fingerprint density at radius 2 is 1.91 bits per heavy atom. The molecule has 3 aromatic rings. The third-order valence-electron chi connectivity index (χ3n) is 3.23. The van der Waals surface area contributed by atoms with Crippen molar-refractivity contribution < 1.29 is 18.0 Å². The number of anilines is 1. The lowest BCUT2D eigenvalue weighted by atomic mass is 10.1. The van der Waals surface area contributed by atoms with Crippen LogP contribution in [0.15, 0.2) is 46.9 Å². The fraction of sp³-hybridized carbons (Fsp3) is 0.0667. The first-order valence-corrected chi connectivity index (χ1v) is 7.27. The summed E-state index contributed by atoms with van der Waals surface area (Å²) in [5.41, 5.74) is -0.785. The molecule has 23 heavy (non-hydrogen) atoms. The van der Waals surface area contributed by atoms with Gasteiger partial charge in [0.1, 0.15) is 0 Å². The molecule has 2 aromatic carbocycles. The van der Waals surface area contributed by atoms with Gasteiger partial charge < -0.3 is 5.32 Å². The average molecular weight is 384 g/mol. The van der Waals surface area contributed by atoms with Crippen LogP contribution in [0.5, 0.6) is 0 Å². The van der Waals surface area contributed by atoms with Crippen LogP contribution < -0.4 is 5.32 Å². The van der Waals surface area contributed by atoms with Gasteiger partial charge in [0.15, 0.2) is 5.82 Å². The number of aromatic amines is 1. The number of carbonyl (C=O) groups excluding carboxylic acids is 1. The van der Waals surface area contributed by atoms with Gasteiger partial charge in [-0.15, -0.1) is 0 Å². The van der Waals surface area contributed by atoms with Crippen molar-refractivity contribution >= 4 is 38.6 Å². The molecule has 8 heteroatoms. The summed E-state index contributed by atoms with van der Waals surface area (Å²) in [5, 5.41) is 9.67. The molecule has 0 radical (unpaired) electrons. The van der Waals surface area contributed by atoms with Gasteiger partial charge in [-0.1, -0.05) is 28.1 Å². The van der Waals surface area contributed by atoms with Gasteiger partial charge >= 0.3 is 6.18 Å². The van der Waals surface area contributed by atoms with Gasteiger partial charge in [-0.25, -0.2) is 0 Å². The molecule has 4 nitrogen and oxygen atoms in total. The van der Waals surface area contributed by atoms with Crippen molar-refractivity contribution in [1.82, 2.24) is 10.2 Å². The number of alkyl halides is 3. The quantitative estimate of drug-likeness (QED) is 0.679. The van der Waals surface area contributed by atoms with Gasteiger partial charge in [0.2, 0.25) is 0 Å². The van der Waals surface area contributed by atoms with Crippen LogP contribution in [-0.4, -0.2) is 16.1 Å².